The first kappa shape index (κ1) is 15.0. The van der Waals surface area contributed by atoms with E-state index >= 15 is 0 Å². The highest BCUT2D eigenvalue weighted by molar-refractivity contribution is 7.90. The average molecular weight is 323 g/mol. The highest BCUT2D eigenvalue weighted by atomic mass is 32.2. The third-order valence-electron chi connectivity index (χ3n) is 3.49. The zero-order chi connectivity index (χ0) is 16.4. The standard InChI is InChI=1S/C17H13N3O2S/c1-13(7-9-18)17-11-14-12-19-10-8-16(14)20(17)23(21,22)15-5-3-2-4-6-15/h2-6,8,10-12H,1,7H2. The number of nitrogens with zero attached hydrogens (tertiary/aromatic N) is 3. The van der Waals surface area contributed by atoms with E-state index in [1.54, 1.807) is 48.7 Å². The molecule has 0 amide bonds. The SMILES string of the molecule is C=C(CC#N)c1cc2cnccc2n1S(=O)(=O)c1ccccc1. The van der Waals surface area contributed by atoms with Gasteiger partial charge >= 0.3 is 0 Å². The summed E-state index contributed by atoms with van der Waals surface area (Å²) in [5.41, 5.74) is 1.36. The molecule has 0 unspecified atom stereocenters. The van der Waals surface area contributed by atoms with E-state index in [4.69, 9.17) is 5.26 Å². The summed E-state index contributed by atoms with van der Waals surface area (Å²) in [4.78, 5) is 4.21. The summed E-state index contributed by atoms with van der Waals surface area (Å²) in [5, 5.41) is 9.58. The van der Waals surface area contributed by atoms with Crippen molar-refractivity contribution in [3.63, 3.8) is 0 Å². The van der Waals surface area contributed by atoms with Gasteiger partial charge in [-0.1, -0.05) is 24.8 Å². The van der Waals surface area contributed by atoms with Crippen LogP contribution in [0.2, 0.25) is 0 Å². The maximum absolute atomic E-state index is 13.1. The molecule has 0 spiro atoms. The molecule has 6 heteroatoms. The third kappa shape index (κ3) is 2.51. The Bertz CT molecular complexity index is 1030. The van der Waals surface area contributed by atoms with E-state index in [-0.39, 0.29) is 11.3 Å². The minimum atomic E-state index is -3.80. The molecule has 3 aromatic rings. The summed E-state index contributed by atoms with van der Waals surface area (Å²) in [7, 11) is -3.80. The number of rotatable bonds is 4. The van der Waals surface area contributed by atoms with E-state index in [2.05, 4.69) is 11.6 Å². The van der Waals surface area contributed by atoms with Gasteiger partial charge in [-0.15, -0.1) is 0 Å². The van der Waals surface area contributed by atoms with Crippen LogP contribution in [0.5, 0.6) is 0 Å². The van der Waals surface area contributed by atoms with Gasteiger partial charge in [0, 0.05) is 17.8 Å². The molecular formula is C17H13N3O2S. The molecule has 1 aromatic carbocycles. The van der Waals surface area contributed by atoms with Gasteiger partial charge in [0.2, 0.25) is 0 Å². The fourth-order valence-electron chi connectivity index (χ4n) is 2.42. The lowest BCUT2D eigenvalue weighted by molar-refractivity contribution is 0.588. The van der Waals surface area contributed by atoms with Gasteiger partial charge in [-0.05, 0) is 29.8 Å². The molecule has 23 heavy (non-hydrogen) atoms. The number of fused-ring (bicyclic) bond motifs is 1. The van der Waals surface area contributed by atoms with E-state index in [1.165, 1.54) is 10.2 Å². The lowest BCUT2D eigenvalue weighted by Gasteiger charge is -2.12. The summed E-state index contributed by atoms with van der Waals surface area (Å²) in [6.07, 6.45) is 3.18. The van der Waals surface area contributed by atoms with Crippen LogP contribution in [0.4, 0.5) is 0 Å². The normalized spacial score (nSPS) is 11.3. The van der Waals surface area contributed by atoms with Gasteiger partial charge < -0.3 is 0 Å². The number of hydrogen-bond donors (Lipinski definition) is 0. The number of pyridine rings is 1. The van der Waals surface area contributed by atoms with E-state index in [0.29, 0.717) is 22.2 Å². The van der Waals surface area contributed by atoms with Crippen molar-refractivity contribution < 1.29 is 8.42 Å². The van der Waals surface area contributed by atoms with Crippen LogP contribution in [0.3, 0.4) is 0 Å². The minimum Gasteiger partial charge on any atom is -0.264 e. The van der Waals surface area contributed by atoms with Gasteiger partial charge in [0.05, 0.1) is 28.6 Å². The molecule has 0 radical (unpaired) electrons. The maximum Gasteiger partial charge on any atom is 0.268 e. The molecule has 0 fully saturated rings. The van der Waals surface area contributed by atoms with Gasteiger partial charge in [-0.25, -0.2) is 12.4 Å². The summed E-state index contributed by atoms with van der Waals surface area (Å²) in [5.74, 6) is 0. The predicted molar refractivity (Wildman–Crippen MR) is 88.0 cm³/mol. The molecule has 0 saturated heterocycles. The first-order valence-electron chi connectivity index (χ1n) is 6.87. The maximum atomic E-state index is 13.1. The van der Waals surface area contributed by atoms with Crippen LogP contribution in [0.25, 0.3) is 16.5 Å². The predicted octanol–water partition coefficient (Wildman–Crippen LogP) is 3.20. The van der Waals surface area contributed by atoms with Crippen LogP contribution in [-0.2, 0) is 10.0 Å². The van der Waals surface area contributed by atoms with E-state index in [0.717, 1.165) is 0 Å². The first-order chi connectivity index (χ1) is 11.1. The molecule has 0 aliphatic carbocycles. The topological polar surface area (TPSA) is 75.8 Å². The molecular weight excluding hydrogens is 310 g/mol. The van der Waals surface area contributed by atoms with Gasteiger partial charge in [0.25, 0.3) is 10.0 Å². The Hall–Kier alpha value is -2.91. The lowest BCUT2D eigenvalue weighted by Crippen LogP contribution is -2.15. The molecule has 5 nitrogen and oxygen atoms in total. The summed E-state index contributed by atoms with van der Waals surface area (Å²) in [6, 6.07) is 13.5. The van der Waals surface area contributed by atoms with Gasteiger partial charge in [-0.3, -0.25) is 4.98 Å². The van der Waals surface area contributed by atoms with Crippen LogP contribution < -0.4 is 0 Å². The molecule has 0 aliphatic heterocycles. The third-order valence-corrected chi connectivity index (χ3v) is 5.24. The van der Waals surface area contributed by atoms with Crippen LogP contribution in [0, 0.1) is 11.3 Å². The van der Waals surface area contributed by atoms with Crippen molar-refractivity contribution in [1.82, 2.24) is 8.96 Å². The molecule has 0 saturated carbocycles. The molecule has 0 bridgehead atoms. The fraction of sp³-hybridized carbons (Fsp3) is 0.0588. The molecule has 3 rings (SSSR count). The van der Waals surface area contributed by atoms with Crippen LogP contribution in [-0.4, -0.2) is 17.4 Å². The van der Waals surface area contributed by atoms with Crippen molar-refractivity contribution in [2.24, 2.45) is 0 Å². The Morgan fingerprint density at radius 2 is 2.00 bits per heavy atom. The van der Waals surface area contributed by atoms with Crippen molar-refractivity contribution in [2.75, 3.05) is 0 Å². The van der Waals surface area contributed by atoms with Crippen molar-refractivity contribution in [1.29, 1.82) is 5.26 Å². The number of hydrogen-bond acceptors (Lipinski definition) is 4. The van der Waals surface area contributed by atoms with Crippen LogP contribution >= 0.6 is 0 Å². The highest BCUT2D eigenvalue weighted by Crippen LogP contribution is 2.29. The Balaban J connectivity index is 2.34. The zero-order valence-corrected chi connectivity index (χ0v) is 13.0. The van der Waals surface area contributed by atoms with Gasteiger partial charge in [-0.2, -0.15) is 5.26 Å². The monoisotopic (exact) mass is 323 g/mol. The molecule has 2 heterocycles. The first-order valence-corrected chi connectivity index (χ1v) is 8.31. The Kier molecular flexibility index (Phi) is 3.72. The van der Waals surface area contributed by atoms with Crippen LogP contribution in [0.15, 0.2) is 66.3 Å². The second-order valence-corrected chi connectivity index (χ2v) is 6.77. The fourth-order valence-corrected chi connectivity index (χ4v) is 4.00. The number of aromatic nitrogens is 2. The smallest absolute Gasteiger partial charge is 0.264 e. The summed E-state index contributed by atoms with van der Waals surface area (Å²) in [6.45, 7) is 3.85. The summed E-state index contributed by atoms with van der Waals surface area (Å²) < 4.78 is 27.3. The quantitative estimate of drug-likeness (QED) is 0.739. The Morgan fingerprint density at radius 3 is 2.70 bits per heavy atom. The largest absolute Gasteiger partial charge is 0.268 e. The van der Waals surface area contributed by atoms with Crippen molar-refractivity contribution in [3.05, 3.63) is 67.1 Å². The molecule has 114 valence electrons. The second-order valence-electron chi connectivity index (χ2n) is 4.99. The number of allylic oxidation sites excluding steroid dienone is 1. The molecule has 0 atom stereocenters. The van der Waals surface area contributed by atoms with Crippen molar-refractivity contribution >= 4 is 26.5 Å². The average Bonchev–Trinajstić information content (AvgIpc) is 2.96. The van der Waals surface area contributed by atoms with Crippen molar-refractivity contribution in [3.8, 4) is 6.07 Å². The molecule has 0 aliphatic rings. The number of nitriles is 1. The second kappa shape index (κ2) is 5.71. The molecule has 2 aromatic heterocycles. The summed E-state index contributed by atoms with van der Waals surface area (Å²) >= 11 is 0. The zero-order valence-electron chi connectivity index (χ0n) is 12.2. The Morgan fingerprint density at radius 1 is 1.26 bits per heavy atom. The Labute approximate surface area is 134 Å². The van der Waals surface area contributed by atoms with E-state index in [1.807, 2.05) is 6.07 Å². The number of benzene rings is 1. The van der Waals surface area contributed by atoms with Gasteiger partial charge in [0.15, 0.2) is 0 Å². The highest BCUT2D eigenvalue weighted by Gasteiger charge is 2.23. The van der Waals surface area contributed by atoms with E-state index in [9.17, 15) is 8.42 Å². The van der Waals surface area contributed by atoms with Crippen LogP contribution in [0.1, 0.15) is 12.1 Å². The molecule has 0 N–H and O–H groups in total. The lowest BCUT2D eigenvalue weighted by atomic mass is 10.1. The minimum absolute atomic E-state index is 0.0497. The van der Waals surface area contributed by atoms with Crippen molar-refractivity contribution in [2.45, 2.75) is 11.3 Å². The van der Waals surface area contributed by atoms with E-state index < -0.39 is 10.0 Å². The van der Waals surface area contributed by atoms with Gasteiger partial charge in [0.1, 0.15) is 0 Å².